The number of rotatable bonds is 2. The van der Waals surface area contributed by atoms with E-state index in [0.717, 1.165) is 38.8 Å². The summed E-state index contributed by atoms with van der Waals surface area (Å²) in [4.78, 5) is 13.9. The van der Waals surface area contributed by atoms with Gasteiger partial charge < -0.3 is 9.84 Å². The zero-order valence-corrected chi connectivity index (χ0v) is 10.9. The molecule has 4 heteroatoms. The lowest BCUT2D eigenvalue weighted by molar-refractivity contribution is -0.149. The second kappa shape index (κ2) is 5.17. The molecule has 0 bridgehead atoms. The highest BCUT2D eigenvalue weighted by Crippen LogP contribution is 2.36. The lowest BCUT2D eigenvalue weighted by Gasteiger charge is -2.46. The van der Waals surface area contributed by atoms with Crippen LogP contribution in [0.1, 0.15) is 44.9 Å². The fourth-order valence-corrected chi connectivity index (χ4v) is 4.16. The second-order valence-electron chi connectivity index (χ2n) is 5.94. The first-order chi connectivity index (χ1) is 8.77. The SMILES string of the molecule is O=C(O)C1CCCCC1N1CCOC2CCCC21. The normalized spacial score (nSPS) is 41.6. The summed E-state index contributed by atoms with van der Waals surface area (Å²) in [5.74, 6) is -0.751. The van der Waals surface area contributed by atoms with Crippen molar-refractivity contribution in [1.82, 2.24) is 4.90 Å². The predicted molar refractivity (Wildman–Crippen MR) is 67.5 cm³/mol. The summed E-state index contributed by atoms with van der Waals surface area (Å²) in [5.41, 5.74) is 0. The molecule has 3 aliphatic rings. The summed E-state index contributed by atoms with van der Waals surface area (Å²) < 4.78 is 5.83. The molecular formula is C14H23NO3. The topological polar surface area (TPSA) is 49.8 Å². The Morgan fingerprint density at radius 2 is 1.83 bits per heavy atom. The molecule has 1 N–H and O–H groups in total. The van der Waals surface area contributed by atoms with E-state index in [1.165, 1.54) is 19.3 Å². The Balaban J connectivity index is 1.76. The number of hydrogen-bond acceptors (Lipinski definition) is 3. The molecular weight excluding hydrogens is 230 g/mol. The van der Waals surface area contributed by atoms with Crippen molar-refractivity contribution < 1.29 is 14.6 Å². The molecule has 3 fully saturated rings. The molecule has 0 spiro atoms. The number of carbonyl (C=O) groups is 1. The van der Waals surface area contributed by atoms with Gasteiger partial charge in [-0.2, -0.15) is 0 Å². The van der Waals surface area contributed by atoms with E-state index in [2.05, 4.69) is 4.90 Å². The maximum Gasteiger partial charge on any atom is 0.308 e. The first-order valence-electron chi connectivity index (χ1n) is 7.37. The Hall–Kier alpha value is -0.610. The van der Waals surface area contributed by atoms with Crippen LogP contribution in [0.2, 0.25) is 0 Å². The fourth-order valence-electron chi connectivity index (χ4n) is 4.16. The van der Waals surface area contributed by atoms with Gasteiger partial charge in [-0.15, -0.1) is 0 Å². The predicted octanol–water partition coefficient (Wildman–Crippen LogP) is 1.88. The largest absolute Gasteiger partial charge is 0.481 e. The number of carboxylic acid groups (broad SMARTS) is 1. The van der Waals surface area contributed by atoms with Crippen LogP contribution in [0.4, 0.5) is 0 Å². The fraction of sp³-hybridized carbons (Fsp3) is 0.929. The number of hydrogen-bond donors (Lipinski definition) is 1. The van der Waals surface area contributed by atoms with Crippen LogP contribution in [-0.4, -0.2) is 47.3 Å². The average molecular weight is 253 g/mol. The van der Waals surface area contributed by atoms with E-state index in [1.54, 1.807) is 0 Å². The Labute approximate surface area is 108 Å². The van der Waals surface area contributed by atoms with Crippen molar-refractivity contribution in [3.05, 3.63) is 0 Å². The molecule has 4 nitrogen and oxygen atoms in total. The van der Waals surface area contributed by atoms with Gasteiger partial charge in [0.1, 0.15) is 0 Å². The quantitative estimate of drug-likeness (QED) is 0.816. The molecule has 0 radical (unpaired) electrons. The molecule has 2 aliphatic carbocycles. The van der Waals surface area contributed by atoms with Crippen LogP contribution in [0.3, 0.4) is 0 Å². The van der Waals surface area contributed by atoms with Crippen molar-refractivity contribution in [3.63, 3.8) is 0 Å². The Bertz CT molecular complexity index is 320. The van der Waals surface area contributed by atoms with Crippen LogP contribution in [-0.2, 0) is 9.53 Å². The summed E-state index contributed by atoms with van der Waals surface area (Å²) in [6.45, 7) is 1.71. The van der Waals surface area contributed by atoms with Crippen LogP contribution >= 0.6 is 0 Å². The Morgan fingerprint density at radius 3 is 2.67 bits per heavy atom. The van der Waals surface area contributed by atoms with E-state index in [0.29, 0.717) is 12.1 Å². The van der Waals surface area contributed by atoms with Crippen LogP contribution in [0.5, 0.6) is 0 Å². The summed E-state index contributed by atoms with van der Waals surface area (Å²) in [6, 6.07) is 0.745. The maximum absolute atomic E-state index is 11.4. The lowest BCUT2D eigenvalue weighted by Crippen LogP contribution is -2.56. The van der Waals surface area contributed by atoms with Gasteiger partial charge in [-0.1, -0.05) is 12.8 Å². The van der Waals surface area contributed by atoms with Crippen molar-refractivity contribution in [2.24, 2.45) is 5.92 Å². The highest BCUT2D eigenvalue weighted by molar-refractivity contribution is 5.71. The maximum atomic E-state index is 11.4. The molecule has 4 atom stereocenters. The van der Waals surface area contributed by atoms with Gasteiger partial charge in [0.25, 0.3) is 0 Å². The van der Waals surface area contributed by atoms with Gasteiger partial charge in [0.05, 0.1) is 18.6 Å². The molecule has 1 saturated heterocycles. The molecule has 2 saturated carbocycles. The smallest absolute Gasteiger partial charge is 0.308 e. The zero-order chi connectivity index (χ0) is 12.5. The van der Waals surface area contributed by atoms with Gasteiger partial charge in [-0.05, 0) is 32.1 Å². The van der Waals surface area contributed by atoms with Gasteiger partial charge in [0.15, 0.2) is 0 Å². The summed E-state index contributed by atoms with van der Waals surface area (Å²) in [7, 11) is 0. The van der Waals surface area contributed by atoms with Crippen LogP contribution in [0.25, 0.3) is 0 Å². The molecule has 0 amide bonds. The molecule has 3 rings (SSSR count). The Kier molecular flexibility index (Phi) is 3.57. The number of fused-ring (bicyclic) bond motifs is 1. The second-order valence-corrected chi connectivity index (χ2v) is 5.94. The van der Waals surface area contributed by atoms with Crippen molar-refractivity contribution in [1.29, 1.82) is 0 Å². The number of morpholine rings is 1. The summed E-state index contributed by atoms with van der Waals surface area (Å²) in [5, 5.41) is 9.42. The third kappa shape index (κ3) is 2.16. The van der Waals surface area contributed by atoms with E-state index >= 15 is 0 Å². The zero-order valence-electron chi connectivity index (χ0n) is 10.9. The minimum absolute atomic E-state index is 0.155. The number of aliphatic carboxylic acids is 1. The standard InChI is InChI=1S/C14H23NO3/c16-14(17)10-4-1-2-5-11(10)15-8-9-18-13-7-3-6-12(13)15/h10-13H,1-9H2,(H,16,17). The van der Waals surface area contributed by atoms with E-state index in [4.69, 9.17) is 4.74 Å². The van der Waals surface area contributed by atoms with Crippen molar-refractivity contribution in [3.8, 4) is 0 Å². The van der Waals surface area contributed by atoms with E-state index in [-0.39, 0.29) is 12.0 Å². The number of carboxylic acids is 1. The minimum Gasteiger partial charge on any atom is -0.481 e. The van der Waals surface area contributed by atoms with Gasteiger partial charge in [-0.25, -0.2) is 0 Å². The molecule has 1 aliphatic heterocycles. The first-order valence-corrected chi connectivity index (χ1v) is 7.37. The molecule has 102 valence electrons. The summed E-state index contributed by atoms with van der Waals surface area (Å²) in [6.07, 6.45) is 8.12. The summed E-state index contributed by atoms with van der Waals surface area (Å²) >= 11 is 0. The highest BCUT2D eigenvalue weighted by Gasteiger charge is 2.43. The van der Waals surface area contributed by atoms with Gasteiger partial charge in [0.2, 0.25) is 0 Å². The molecule has 0 aromatic rings. The molecule has 0 aromatic carbocycles. The highest BCUT2D eigenvalue weighted by atomic mass is 16.5. The van der Waals surface area contributed by atoms with Gasteiger partial charge >= 0.3 is 5.97 Å². The lowest BCUT2D eigenvalue weighted by atomic mass is 9.82. The third-order valence-electron chi connectivity index (χ3n) is 5.00. The van der Waals surface area contributed by atoms with Gasteiger partial charge in [-0.3, -0.25) is 9.69 Å². The molecule has 18 heavy (non-hydrogen) atoms. The van der Waals surface area contributed by atoms with Crippen LogP contribution in [0.15, 0.2) is 0 Å². The van der Waals surface area contributed by atoms with Crippen LogP contribution < -0.4 is 0 Å². The number of nitrogens with zero attached hydrogens (tertiary/aromatic N) is 1. The molecule has 1 heterocycles. The molecule has 0 aromatic heterocycles. The van der Waals surface area contributed by atoms with Crippen molar-refractivity contribution in [2.45, 2.75) is 63.1 Å². The third-order valence-corrected chi connectivity index (χ3v) is 5.00. The van der Waals surface area contributed by atoms with Gasteiger partial charge in [0, 0.05) is 18.6 Å². The monoisotopic (exact) mass is 253 g/mol. The van der Waals surface area contributed by atoms with Crippen molar-refractivity contribution >= 4 is 5.97 Å². The van der Waals surface area contributed by atoms with Crippen molar-refractivity contribution in [2.75, 3.05) is 13.2 Å². The molecule has 4 unspecified atom stereocenters. The van der Waals surface area contributed by atoms with E-state index in [1.807, 2.05) is 0 Å². The van der Waals surface area contributed by atoms with E-state index < -0.39 is 5.97 Å². The van der Waals surface area contributed by atoms with E-state index in [9.17, 15) is 9.90 Å². The minimum atomic E-state index is -0.597. The first kappa shape index (κ1) is 12.4. The number of ether oxygens (including phenoxy) is 1. The average Bonchev–Trinajstić information content (AvgIpc) is 2.86. The van der Waals surface area contributed by atoms with Crippen LogP contribution in [0, 0.1) is 5.92 Å². The Morgan fingerprint density at radius 1 is 1.06 bits per heavy atom.